The monoisotopic (exact) mass is 274 g/mol. The summed E-state index contributed by atoms with van der Waals surface area (Å²) < 4.78 is 9.65. The largest absolute Gasteiger partial charge is 0.463 e. The molecule has 20 heavy (non-hydrogen) atoms. The molecule has 0 unspecified atom stereocenters. The van der Waals surface area contributed by atoms with Gasteiger partial charge in [-0.3, -0.25) is 9.78 Å². The summed E-state index contributed by atoms with van der Waals surface area (Å²) in [7, 11) is 1.24. The molecule has 0 spiro atoms. The minimum atomic E-state index is -0.627. The Hall–Kier alpha value is -2.63. The van der Waals surface area contributed by atoms with Crippen LogP contribution in [0.5, 0.6) is 0 Å². The second kappa shape index (κ2) is 5.56. The van der Waals surface area contributed by atoms with Crippen LogP contribution in [0.3, 0.4) is 0 Å². The number of amides is 1. The highest BCUT2D eigenvalue weighted by molar-refractivity contribution is 6.03. The van der Waals surface area contributed by atoms with Gasteiger partial charge in [-0.05, 0) is 37.6 Å². The van der Waals surface area contributed by atoms with E-state index in [9.17, 15) is 9.59 Å². The molecule has 0 bridgehead atoms. The molecule has 0 aromatic carbocycles. The molecule has 6 heteroatoms. The maximum absolute atomic E-state index is 12.1. The molecular formula is C14H14N2O4. The lowest BCUT2D eigenvalue weighted by atomic mass is 10.2. The van der Waals surface area contributed by atoms with Gasteiger partial charge in [0.15, 0.2) is 5.76 Å². The fraction of sp³-hybridized carbons (Fsp3) is 0.214. The van der Waals surface area contributed by atoms with E-state index >= 15 is 0 Å². The SMILES string of the molecule is COC(=O)c1ccc(C(=O)Nc2c(C)ccnc2C)o1. The molecule has 0 saturated carbocycles. The number of carbonyl (C=O) groups excluding carboxylic acids is 2. The summed E-state index contributed by atoms with van der Waals surface area (Å²) in [5.41, 5.74) is 2.23. The van der Waals surface area contributed by atoms with Crippen LogP contribution < -0.4 is 5.32 Å². The molecule has 0 fully saturated rings. The average molecular weight is 274 g/mol. The molecule has 2 aromatic heterocycles. The molecule has 2 rings (SSSR count). The van der Waals surface area contributed by atoms with Crippen LogP contribution in [0.25, 0.3) is 0 Å². The topological polar surface area (TPSA) is 81.4 Å². The van der Waals surface area contributed by atoms with Gasteiger partial charge in [-0.15, -0.1) is 0 Å². The molecule has 0 saturated heterocycles. The lowest BCUT2D eigenvalue weighted by Gasteiger charge is -2.09. The highest BCUT2D eigenvalue weighted by Gasteiger charge is 2.17. The molecule has 2 heterocycles. The Labute approximate surface area is 115 Å². The number of nitrogens with zero attached hydrogens (tertiary/aromatic N) is 1. The highest BCUT2D eigenvalue weighted by Crippen LogP contribution is 2.19. The second-order valence-corrected chi connectivity index (χ2v) is 4.20. The van der Waals surface area contributed by atoms with Crippen LogP contribution in [-0.2, 0) is 4.74 Å². The molecule has 1 N–H and O–H groups in total. The van der Waals surface area contributed by atoms with Gasteiger partial charge >= 0.3 is 5.97 Å². The first kappa shape index (κ1) is 13.8. The van der Waals surface area contributed by atoms with Crippen molar-refractivity contribution in [3.8, 4) is 0 Å². The lowest BCUT2D eigenvalue weighted by molar-refractivity contribution is 0.0563. The number of rotatable bonds is 3. The Balaban J connectivity index is 2.20. The number of anilines is 1. The van der Waals surface area contributed by atoms with E-state index < -0.39 is 11.9 Å². The van der Waals surface area contributed by atoms with Crippen molar-refractivity contribution in [2.75, 3.05) is 12.4 Å². The number of ether oxygens (including phenoxy) is 1. The number of pyridine rings is 1. The molecule has 0 aliphatic carbocycles. The molecule has 104 valence electrons. The molecule has 0 atom stereocenters. The van der Waals surface area contributed by atoms with Crippen molar-refractivity contribution in [3.63, 3.8) is 0 Å². The molecule has 6 nitrogen and oxygen atoms in total. The maximum atomic E-state index is 12.1. The number of hydrogen-bond donors (Lipinski definition) is 1. The number of methoxy groups -OCH3 is 1. The van der Waals surface area contributed by atoms with Crippen molar-refractivity contribution in [1.82, 2.24) is 4.98 Å². The van der Waals surface area contributed by atoms with Crippen LogP contribution in [-0.4, -0.2) is 24.0 Å². The van der Waals surface area contributed by atoms with Gasteiger partial charge in [0, 0.05) is 6.20 Å². The molecular weight excluding hydrogens is 260 g/mol. The number of nitrogens with one attached hydrogen (secondary N) is 1. The Morgan fingerprint density at radius 1 is 1.20 bits per heavy atom. The second-order valence-electron chi connectivity index (χ2n) is 4.20. The first-order valence-corrected chi connectivity index (χ1v) is 5.94. The van der Waals surface area contributed by atoms with E-state index in [1.165, 1.54) is 19.2 Å². The van der Waals surface area contributed by atoms with Crippen molar-refractivity contribution in [3.05, 3.63) is 47.2 Å². The zero-order valence-electron chi connectivity index (χ0n) is 11.4. The minimum absolute atomic E-state index is 0.0164. The minimum Gasteiger partial charge on any atom is -0.463 e. The van der Waals surface area contributed by atoms with Gasteiger partial charge in [0.1, 0.15) is 0 Å². The van der Waals surface area contributed by atoms with E-state index in [2.05, 4.69) is 15.0 Å². The van der Waals surface area contributed by atoms with Gasteiger partial charge < -0.3 is 14.5 Å². The van der Waals surface area contributed by atoms with Crippen LogP contribution in [0.4, 0.5) is 5.69 Å². The summed E-state index contributed by atoms with van der Waals surface area (Å²) in [5, 5.41) is 2.72. The van der Waals surface area contributed by atoms with Gasteiger partial charge in [0.2, 0.25) is 5.76 Å². The Morgan fingerprint density at radius 2 is 1.90 bits per heavy atom. The summed E-state index contributed by atoms with van der Waals surface area (Å²) >= 11 is 0. The number of furan rings is 1. The summed E-state index contributed by atoms with van der Waals surface area (Å²) in [6, 6.07) is 4.61. The van der Waals surface area contributed by atoms with Gasteiger partial charge in [0.25, 0.3) is 5.91 Å². The summed E-state index contributed by atoms with van der Waals surface area (Å²) in [5.74, 6) is -1.05. The summed E-state index contributed by atoms with van der Waals surface area (Å²) in [6.07, 6.45) is 1.67. The summed E-state index contributed by atoms with van der Waals surface area (Å²) in [4.78, 5) is 27.4. The number of carbonyl (C=O) groups is 2. The van der Waals surface area contributed by atoms with Gasteiger partial charge in [-0.25, -0.2) is 4.79 Å². The number of aryl methyl sites for hydroxylation is 2. The predicted molar refractivity (Wildman–Crippen MR) is 71.7 cm³/mol. The maximum Gasteiger partial charge on any atom is 0.373 e. The molecule has 0 aliphatic heterocycles. The van der Waals surface area contributed by atoms with Crippen molar-refractivity contribution in [2.24, 2.45) is 0 Å². The van der Waals surface area contributed by atoms with E-state index in [1.807, 2.05) is 6.92 Å². The smallest absolute Gasteiger partial charge is 0.373 e. The molecule has 0 radical (unpaired) electrons. The van der Waals surface area contributed by atoms with E-state index in [1.54, 1.807) is 19.2 Å². The molecule has 1 amide bonds. The van der Waals surface area contributed by atoms with Crippen LogP contribution >= 0.6 is 0 Å². The lowest BCUT2D eigenvalue weighted by Crippen LogP contribution is -2.13. The van der Waals surface area contributed by atoms with Crippen LogP contribution in [0.2, 0.25) is 0 Å². The fourth-order valence-electron chi connectivity index (χ4n) is 1.73. The van der Waals surface area contributed by atoms with Crippen molar-refractivity contribution in [1.29, 1.82) is 0 Å². The van der Waals surface area contributed by atoms with Crippen molar-refractivity contribution < 1.29 is 18.7 Å². The number of esters is 1. The first-order chi connectivity index (χ1) is 9.52. The third-order valence-electron chi connectivity index (χ3n) is 2.80. The van der Waals surface area contributed by atoms with Gasteiger partial charge in [-0.1, -0.05) is 0 Å². The zero-order chi connectivity index (χ0) is 14.7. The Bertz CT molecular complexity index is 641. The molecule has 0 aliphatic rings. The van der Waals surface area contributed by atoms with Crippen LogP contribution in [0.15, 0.2) is 28.8 Å². The number of hydrogen-bond acceptors (Lipinski definition) is 5. The van der Waals surface area contributed by atoms with Crippen LogP contribution in [0.1, 0.15) is 32.4 Å². The van der Waals surface area contributed by atoms with Crippen molar-refractivity contribution >= 4 is 17.6 Å². The van der Waals surface area contributed by atoms with E-state index in [4.69, 9.17) is 4.42 Å². The van der Waals surface area contributed by atoms with E-state index in [0.717, 1.165) is 5.56 Å². The first-order valence-electron chi connectivity index (χ1n) is 5.94. The number of aromatic nitrogens is 1. The third kappa shape index (κ3) is 2.69. The normalized spacial score (nSPS) is 10.2. The van der Waals surface area contributed by atoms with E-state index in [0.29, 0.717) is 11.4 Å². The van der Waals surface area contributed by atoms with Crippen LogP contribution in [0, 0.1) is 13.8 Å². The third-order valence-corrected chi connectivity index (χ3v) is 2.80. The summed E-state index contributed by atoms with van der Waals surface area (Å²) in [6.45, 7) is 3.66. The van der Waals surface area contributed by atoms with Gasteiger partial charge in [0.05, 0.1) is 18.5 Å². The quantitative estimate of drug-likeness (QED) is 0.869. The zero-order valence-corrected chi connectivity index (χ0v) is 11.4. The Morgan fingerprint density at radius 3 is 2.55 bits per heavy atom. The standard InChI is InChI=1S/C14H14N2O4/c1-8-6-7-15-9(2)12(8)16-13(17)10-4-5-11(20-10)14(18)19-3/h4-7H,1-3H3,(H,16,17). The van der Waals surface area contributed by atoms with Gasteiger partial charge in [-0.2, -0.15) is 0 Å². The predicted octanol–water partition coefficient (Wildman–Crippen LogP) is 2.33. The van der Waals surface area contributed by atoms with Crippen molar-refractivity contribution in [2.45, 2.75) is 13.8 Å². The Kier molecular flexibility index (Phi) is 3.84. The fourth-order valence-corrected chi connectivity index (χ4v) is 1.73. The average Bonchev–Trinajstić information content (AvgIpc) is 2.92. The highest BCUT2D eigenvalue weighted by atomic mass is 16.5. The van der Waals surface area contributed by atoms with E-state index in [-0.39, 0.29) is 11.5 Å². The molecule has 2 aromatic rings.